The third kappa shape index (κ3) is 3.72. The Morgan fingerprint density at radius 1 is 1.38 bits per heavy atom. The number of hydrogen-bond acceptors (Lipinski definition) is 3. The van der Waals surface area contributed by atoms with Gasteiger partial charge in [0.15, 0.2) is 0 Å². The Hall–Kier alpha value is -2.56. The first-order valence-electron chi connectivity index (χ1n) is 6.65. The number of carbonyl (C=O) groups excluding carboxylic acids is 1. The second-order valence-corrected chi connectivity index (χ2v) is 4.89. The molecule has 0 saturated carbocycles. The number of aromatic nitrogens is 2. The molecular formula is C16H19N3O2. The van der Waals surface area contributed by atoms with E-state index in [0.29, 0.717) is 6.54 Å². The fourth-order valence-electron chi connectivity index (χ4n) is 2.20. The molecule has 0 radical (unpaired) electrons. The maximum absolute atomic E-state index is 10.8. The van der Waals surface area contributed by atoms with Gasteiger partial charge in [0.1, 0.15) is 5.75 Å². The van der Waals surface area contributed by atoms with E-state index in [1.807, 2.05) is 42.8 Å². The Kier molecular flexibility index (Phi) is 4.42. The summed E-state index contributed by atoms with van der Waals surface area (Å²) >= 11 is 0. The molecule has 1 heterocycles. The molecule has 0 atom stereocenters. The minimum atomic E-state index is -0.467. The van der Waals surface area contributed by atoms with Crippen molar-refractivity contribution in [3.05, 3.63) is 52.9 Å². The summed E-state index contributed by atoms with van der Waals surface area (Å²) in [5.74, 6) is 0.324. The number of nitrogens with zero attached hydrogens (tertiary/aromatic N) is 2. The third-order valence-electron chi connectivity index (χ3n) is 3.17. The van der Waals surface area contributed by atoms with E-state index in [0.717, 1.165) is 28.3 Å². The van der Waals surface area contributed by atoms with Gasteiger partial charge in [0.2, 0.25) is 5.91 Å². The van der Waals surface area contributed by atoms with Gasteiger partial charge < -0.3 is 10.5 Å². The van der Waals surface area contributed by atoms with Crippen LogP contribution >= 0.6 is 0 Å². The number of carbonyl (C=O) groups is 1. The van der Waals surface area contributed by atoms with Crippen molar-refractivity contribution in [1.29, 1.82) is 0 Å². The molecule has 5 heteroatoms. The van der Waals surface area contributed by atoms with Gasteiger partial charge in [0.05, 0.1) is 19.3 Å². The van der Waals surface area contributed by atoms with Crippen LogP contribution in [0.1, 0.15) is 22.5 Å². The van der Waals surface area contributed by atoms with Gasteiger partial charge >= 0.3 is 0 Å². The summed E-state index contributed by atoms with van der Waals surface area (Å²) in [4.78, 5) is 10.8. The average molecular weight is 285 g/mol. The Labute approximate surface area is 124 Å². The topological polar surface area (TPSA) is 70.1 Å². The largest absolute Gasteiger partial charge is 0.496 e. The van der Waals surface area contributed by atoms with E-state index in [4.69, 9.17) is 10.5 Å². The highest BCUT2D eigenvalue weighted by Crippen LogP contribution is 2.22. The first kappa shape index (κ1) is 14.8. The first-order chi connectivity index (χ1) is 9.99. The Morgan fingerprint density at radius 2 is 2.14 bits per heavy atom. The van der Waals surface area contributed by atoms with Crippen LogP contribution in [0.5, 0.6) is 5.75 Å². The Morgan fingerprint density at radius 3 is 2.71 bits per heavy atom. The van der Waals surface area contributed by atoms with Gasteiger partial charge in [-0.15, -0.1) is 0 Å². The monoisotopic (exact) mass is 285 g/mol. The van der Waals surface area contributed by atoms with Crippen LogP contribution in [0.3, 0.4) is 0 Å². The number of aryl methyl sites for hydroxylation is 2. The Balaban J connectivity index is 2.34. The zero-order chi connectivity index (χ0) is 15.4. The maximum atomic E-state index is 10.8. The molecule has 1 amide bonds. The molecule has 0 aliphatic heterocycles. The molecule has 0 spiro atoms. The summed E-state index contributed by atoms with van der Waals surface area (Å²) in [5.41, 5.74) is 9.08. The zero-order valence-corrected chi connectivity index (χ0v) is 12.5. The smallest absolute Gasteiger partial charge is 0.241 e. The number of hydrogen-bond donors (Lipinski definition) is 1. The lowest BCUT2D eigenvalue weighted by molar-refractivity contribution is -0.113. The Bertz CT molecular complexity index is 687. The number of primary amides is 1. The van der Waals surface area contributed by atoms with Gasteiger partial charge in [0.25, 0.3) is 0 Å². The molecule has 0 aliphatic rings. The summed E-state index contributed by atoms with van der Waals surface area (Å²) in [5, 5.41) is 4.45. The second kappa shape index (κ2) is 6.26. The van der Waals surface area contributed by atoms with Crippen LogP contribution in [0.15, 0.2) is 30.3 Å². The number of ether oxygens (including phenoxy) is 1. The van der Waals surface area contributed by atoms with E-state index in [9.17, 15) is 4.79 Å². The molecule has 0 bridgehead atoms. The molecule has 5 nitrogen and oxygen atoms in total. The van der Waals surface area contributed by atoms with E-state index in [1.54, 1.807) is 13.2 Å². The SMILES string of the molecule is COc1ccc(/C=C\C(N)=O)cc1Cn1nc(C)cc1C. The lowest BCUT2D eigenvalue weighted by Crippen LogP contribution is -2.06. The number of benzene rings is 1. The fourth-order valence-corrected chi connectivity index (χ4v) is 2.20. The predicted octanol–water partition coefficient (Wildman–Crippen LogP) is 2.06. The van der Waals surface area contributed by atoms with Crippen molar-refractivity contribution in [3.8, 4) is 5.75 Å². The van der Waals surface area contributed by atoms with Gasteiger partial charge in [-0.1, -0.05) is 6.07 Å². The van der Waals surface area contributed by atoms with Crippen molar-refractivity contribution in [2.75, 3.05) is 7.11 Å². The van der Waals surface area contributed by atoms with Gasteiger partial charge in [-0.05, 0) is 43.7 Å². The summed E-state index contributed by atoms with van der Waals surface area (Å²) in [7, 11) is 1.64. The normalized spacial score (nSPS) is 11.0. The van der Waals surface area contributed by atoms with Crippen LogP contribution in [-0.2, 0) is 11.3 Å². The second-order valence-electron chi connectivity index (χ2n) is 4.89. The van der Waals surface area contributed by atoms with Gasteiger partial charge in [-0.25, -0.2) is 0 Å². The highest BCUT2D eigenvalue weighted by molar-refractivity contribution is 5.90. The van der Waals surface area contributed by atoms with E-state index in [1.165, 1.54) is 6.08 Å². The quantitative estimate of drug-likeness (QED) is 0.855. The standard InChI is InChI=1S/C16H19N3O2/c1-11-8-12(2)19(18-11)10-14-9-13(5-7-16(17)20)4-6-15(14)21-3/h4-9H,10H2,1-3H3,(H2,17,20)/b7-5-. The molecule has 110 valence electrons. The molecule has 0 fully saturated rings. The van der Waals surface area contributed by atoms with E-state index >= 15 is 0 Å². The average Bonchev–Trinajstić information content (AvgIpc) is 2.75. The van der Waals surface area contributed by atoms with Crippen LogP contribution in [0.25, 0.3) is 6.08 Å². The summed E-state index contributed by atoms with van der Waals surface area (Å²) < 4.78 is 7.31. The number of nitrogens with two attached hydrogens (primary N) is 1. The van der Waals surface area contributed by atoms with E-state index < -0.39 is 5.91 Å². The predicted molar refractivity (Wildman–Crippen MR) is 82.0 cm³/mol. The van der Waals surface area contributed by atoms with E-state index in [2.05, 4.69) is 5.10 Å². The molecule has 0 aliphatic carbocycles. The van der Waals surface area contributed by atoms with Crippen LogP contribution in [-0.4, -0.2) is 22.8 Å². The van der Waals surface area contributed by atoms with E-state index in [-0.39, 0.29) is 0 Å². The van der Waals surface area contributed by atoms with Crippen LogP contribution in [0.2, 0.25) is 0 Å². The third-order valence-corrected chi connectivity index (χ3v) is 3.17. The van der Waals surface area contributed by atoms with Crippen molar-refractivity contribution < 1.29 is 9.53 Å². The van der Waals surface area contributed by atoms with Gasteiger partial charge in [-0.2, -0.15) is 5.10 Å². The maximum Gasteiger partial charge on any atom is 0.241 e. The van der Waals surface area contributed by atoms with Gasteiger partial charge in [-0.3, -0.25) is 9.48 Å². The van der Waals surface area contributed by atoms with Crippen LogP contribution in [0, 0.1) is 13.8 Å². The van der Waals surface area contributed by atoms with Gasteiger partial charge in [0, 0.05) is 17.3 Å². The van der Waals surface area contributed by atoms with Crippen molar-refractivity contribution >= 4 is 12.0 Å². The van der Waals surface area contributed by atoms with Crippen molar-refractivity contribution in [3.63, 3.8) is 0 Å². The molecule has 1 aromatic heterocycles. The molecule has 2 aromatic rings. The molecule has 0 unspecified atom stereocenters. The molecular weight excluding hydrogens is 266 g/mol. The van der Waals surface area contributed by atoms with Crippen molar-refractivity contribution in [2.24, 2.45) is 5.73 Å². The highest BCUT2D eigenvalue weighted by atomic mass is 16.5. The zero-order valence-electron chi connectivity index (χ0n) is 12.5. The first-order valence-corrected chi connectivity index (χ1v) is 6.65. The lowest BCUT2D eigenvalue weighted by atomic mass is 10.1. The molecule has 2 N–H and O–H groups in total. The minimum Gasteiger partial charge on any atom is -0.496 e. The number of amides is 1. The van der Waals surface area contributed by atoms with Crippen LogP contribution < -0.4 is 10.5 Å². The highest BCUT2D eigenvalue weighted by Gasteiger charge is 2.07. The summed E-state index contributed by atoms with van der Waals surface area (Å²) in [6, 6.07) is 7.75. The summed E-state index contributed by atoms with van der Waals surface area (Å²) in [6.45, 7) is 4.59. The molecule has 2 rings (SSSR count). The minimum absolute atomic E-state index is 0.467. The lowest BCUT2D eigenvalue weighted by Gasteiger charge is -2.11. The summed E-state index contributed by atoms with van der Waals surface area (Å²) in [6.07, 6.45) is 3.03. The molecule has 1 aromatic carbocycles. The van der Waals surface area contributed by atoms with Crippen LogP contribution in [0.4, 0.5) is 0 Å². The molecule has 0 saturated heterocycles. The number of rotatable bonds is 5. The molecule has 21 heavy (non-hydrogen) atoms. The van der Waals surface area contributed by atoms with Crippen molar-refractivity contribution in [2.45, 2.75) is 20.4 Å². The number of methoxy groups -OCH3 is 1. The van der Waals surface area contributed by atoms with Crippen molar-refractivity contribution in [1.82, 2.24) is 9.78 Å². The fraction of sp³-hybridized carbons (Fsp3) is 0.250.